The van der Waals surface area contributed by atoms with Gasteiger partial charge in [0.05, 0.1) is 17.7 Å². The van der Waals surface area contributed by atoms with Crippen LogP contribution in [0.2, 0.25) is 0 Å². The third-order valence-corrected chi connectivity index (χ3v) is 4.60. The lowest BCUT2D eigenvalue weighted by Gasteiger charge is -2.08. The fourth-order valence-electron chi connectivity index (χ4n) is 3.09. The number of hydrogen-bond donors (Lipinski definition) is 2. The van der Waals surface area contributed by atoms with Gasteiger partial charge in [0.25, 0.3) is 11.6 Å². The Bertz CT molecular complexity index is 1260. The van der Waals surface area contributed by atoms with E-state index in [1.807, 2.05) is 42.5 Å². The summed E-state index contributed by atoms with van der Waals surface area (Å²) in [6, 6.07) is 23.3. The SMILES string of the molecule is O=C(CNc1cccc2ccccc12)N/N=C/c1ccc(-c2ccc([N+](=O)[O-])cc2)o1. The first kappa shape index (κ1) is 19.8. The van der Waals surface area contributed by atoms with Crippen LogP contribution in [0.15, 0.2) is 88.4 Å². The number of rotatable bonds is 7. The van der Waals surface area contributed by atoms with E-state index in [2.05, 4.69) is 15.8 Å². The Labute approximate surface area is 177 Å². The standard InChI is InChI=1S/C23H18N4O4/c28-23(15-24-21-7-3-5-16-4-1-2-6-20(16)21)26-25-14-19-12-13-22(31-19)17-8-10-18(11-9-17)27(29)30/h1-14,24H,15H2,(H,26,28)/b25-14+. The average Bonchev–Trinajstić information content (AvgIpc) is 3.26. The number of amides is 1. The van der Waals surface area contributed by atoms with E-state index in [-0.39, 0.29) is 18.1 Å². The highest BCUT2D eigenvalue weighted by molar-refractivity contribution is 5.95. The van der Waals surface area contributed by atoms with Gasteiger partial charge in [-0.15, -0.1) is 0 Å². The number of carbonyl (C=O) groups is 1. The smallest absolute Gasteiger partial charge is 0.269 e. The molecular weight excluding hydrogens is 396 g/mol. The maximum atomic E-state index is 12.1. The van der Waals surface area contributed by atoms with Crippen molar-refractivity contribution >= 4 is 34.3 Å². The third kappa shape index (κ3) is 4.76. The van der Waals surface area contributed by atoms with Crippen LogP contribution < -0.4 is 10.7 Å². The van der Waals surface area contributed by atoms with Crippen LogP contribution in [0, 0.1) is 10.1 Å². The third-order valence-electron chi connectivity index (χ3n) is 4.60. The molecule has 0 aliphatic rings. The van der Waals surface area contributed by atoms with Crippen molar-refractivity contribution in [2.24, 2.45) is 5.10 Å². The Morgan fingerprint density at radius 1 is 1.00 bits per heavy atom. The van der Waals surface area contributed by atoms with Crippen molar-refractivity contribution in [3.8, 4) is 11.3 Å². The van der Waals surface area contributed by atoms with E-state index in [1.54, 1.807) is 24.3 Å². The Kier molecular flexibility index (Phi) is 5.70. The second-order valence-corrected chi connectivity index (χ2v) is 6.68. The Morgan fingerprint density at radius 3 is 2.58 bits per heavy atom. The molecule has 0 aliphatic heterocycles. The van der Waals surface area contributed by atoms with Gasteiger partial charge in [-0.25, -0.2) is 5.43 Å². The Hall–Kier alpha value is -4.46. The van der Waals surface area contributed by atoms with E-state index in [9.17, 15) is 14.9 Å². The van der Waals surface area contributed by atoms with Crippen molar-refractivity contribution in [1.82, 2.24) is 5.43 Å². The molecule has 0 spiro atoms. The minimum absolute atomic E-state index is 0.0110. The molecule has 1 heterocycles. The molecule has 0 saturated heterocycles. The number of furan rings is 1. The highest BCUT2D eigenvalue weighted by Gasteiger charge is 2.08. The maximum Gasteiger partial charge on any atom is 0.269 e. The van der Waals surface area contributed by atoms with Gasteiger partial charge in [0, 0.05) is 28.8 Å². The number of nitrogens with one attached hydrogen (secondary N) is 2. The number of nitrogens with zero attached hydrogens (tertiary/aromatic N) is 2. The quantitative estimate of drug-likeness (QED) is 0.261. The predicted octanol–water partition coefficient (Wildman–Crippen LogP) is 4.57. The number of hydrazone groups is 1. The second-order valence-electron chi connectivity index (χ2n) is 6.68. The first-order valence-corrected chi connectivity index (χ1v) is 9.48. The molecule has 0 radical (unpaired) electrons. The Balaban J connectivity index is 1.32. The molecule has 4 aromatic rings. The summed E-state index contributed by atoms with van der Waals surface area (Å²) >= 11 is 0. The summed E-state index contributed by atoms with van der Waals surface area (Å²) in [6.45, 7) is 0.0670. The number of non-ortho nitro benzene ring substituents is 1. The van der Waals surface area contributed by atoms with E-state index in [4.69, 9.17) is 4.42 Å². The molecule has 8 nitrogen and oxygen atoms in total. The normalized spacial score (nSPS) is 11.0. The van der Waals surface area contributed by atoms with E-state index in [0.717, 1.165) is 16.5 Å². The topological polar surface area (TPSA) is 110 Å². The van der Waals surface area contributed by atoms with Crippen molar-refractivity contribution in [2.45, 2.75) is 0 Å². The van der Waals surface area contributed by atoms with E-state index in [1.165, 1.54) is 18.3 Å². The zero-order chi connectivity index (χ0) is 21.6. The lowest BCUT2D eigenvalue weighted by molar-refractivity contribution is -0.384. The molecule has 0 saturated carbocycles. The molecule has 31 heavy (non-hydrogen) atoms. The summed E-state index contributed by atoms with van der Waals surface area (Å²) in [4.78, 5) is 22.4. The van der Waals surface area contributed by atoms with Crippen LogP contribution in [0.25, 0.3) is 22.1 Å². The number of nitro benzene ring substituents is 1. The van der Waals surface area contributed by atoms with Crippen LogP contribution in [0.1, 0.15) is 5.76 Å². The molecule has 4 rings (SSSR count). The number of nitro groups is 1. The van der Waals surface area contributed by atoms with Crippen LogP contribution in [-0.4, -0.2) is 23.6 Å². The van der Waals surface area contributed by atoms with Gasteiger partial charge in [0.2, 0.25) is 0 Å². The highest BCUT2D eigenvalue weighted by Crippen LogP contribution is 2.24. The number of hydrogen-bond acceptors (Lipinski definition) is 6. The zero-order valence-electron chi connectivity index (χ0n) is 16.3. The van der Waals surface area contributed by atoms with Crippen molar-refractivity contribution in [3.63, 3.8) is 0 Å². The van der Waals surface area contributed by atoms with Crippen molar-refractivity contribution < 1.29 is 14.1 Å². The zero-order valence-corrected chi connectivity index (χ0v) is 16.3. The highest BCUT2D eigenvalue weighted by atomic mass is 16.6. The molecule has 1 amide bonds. The van der Waals surface area contributed by atoms with Crippen LogP contribution >= 0.6 is 0 Å². The first-order chi connectivity index (χ1) is 15.1. The van der Waals surface area contributed by atoms with Crippen LogP contribution in [0.5, 0.6) is 0 Å². The number of anilines is 1. The molecule has 8 heteroatoms. The van der Waals surface area contributed by atoms with E-state index in [0.29, 0.717) is 17.1 Å². The molecular formula is C23H18N4O4. The van der Waals surface area contributed by atoms with Crippen molar-refractivity contribution in [3.05, 3.63) is 94.7 Å². The van der Waals surface area contributed by atoms with Gasteiger partial charge in [-0.2, -0.15) is 5.10 Å². The van der Waals surface area contributed by atoms with Gasteiger partial charge < -0.3 is 9.73 Å². The average molecular weight is 414 g/mol. The molecule has 2 N–H and O–H groups in total. The summed E-state index contributed by atoms with van der Waals surface area (Å²) in [6.07, 6.45) is 1.39. The summed E-state index contributed by atoms with van der Waals surface area (Å²) in [5.74, 6) is 0.683. The summed E-state index contributed by atoms with van der Waals surface area (Å²) < 4.78 is 5.64. The van der Waals surface area contributed by atoms with Gasteiger partial charge in [-0.3, -0.25) is 14.9 Å². The largest absolute Gasteiger partial charge is 0.455 e. The molecule has 0 bridgehead atoms. The lowest BCUT2D eigenvalue weighted by atomic mass is 10.1. The van der Waals surface area contributed by atoms with Gasteiger partial charge >= 0.3 is 0 Å². The van der Waals surface area contributed by atoms with Gasteiger partial charge in [-0.05, 0) is 35.7 Å². The fourth-order valence-corrected chi connectivity index (χ4v) is 3.09. The molecule has 154 valence electrons. The lowest BCUT2D eigenvalue weighted by Crippen LogP contribution is -2.25. The van der Waals surface area contributed by atoms with Gasteiger partial charge in [-0.1, -0.05) is 36.4 Å². The fraction of sp³-hybridized carbons (Fsp3) is 0.0435. The van der Waals surface area contributed by atoms with Gasteiger partial charge in [0.1, 0.15) is 11.5 Å². The summed E-state index contributed by atoms with van der Waals surface area (Å²) in [5, 5.41) is 19.9. The Morgan fingerprint density at radius 2 is 1.77 bits per heavy atom. The van der Waals surface area contributed by atoms with Crippen molar-refractivity contribution in [1.29, 1.82) is 0 Å². The van der Waals surface area contributed by atoms with E-state index >= 15 is 0 Å². The van der Waals surface area contributed by atoms with Crippen LogP contribution in [0.3, 0.4) is 0 Å². The summed E-state index contributed by atoms with van der Waals surface area (Å²) in [5.41, 5.74) is 4.04. The minimum atomic E-state index is -0.457. The molecule has 3 aromatic carbocycles. The maximum absolute atomic E-state index is 12.1. The monoisotopic (exact) mass is 414 g/mol. The molecule has 0 fully saturated rings. The minimum Gasteiger partial charge on any atom is -0.455 e. The number of benzene rings is 3. The first-order valence-electron chi connectivity index (χ1n) is 9.48. The van der Waals surface area contributed by atoms with E-state index < -0.39 is 4.92 Å². The number of carbonyl (C=O) groups excluding carboxylic acids is 1. The van der Waals surface area contributed by atoms with Gasteiger partial charge in [0.15, 0.2) is 0 Å². The molecule has 0 unspecified atom stereocenters. The van der Waals surface area contributed by atoms with Crippen LogP contribution in [-0.2, 0) is 4.79 Å². The summed E-state index contributed by atoms with van der Waals surface area (Å²) in [7, 11) is 0. The predicted molar refractivity (Wildman–Crippen MR) is 119 cm³/mol. The molecule has 0 atom stereocenters. The molecule has 0 aliphatic carbocycles. The van der Waals surface area contributed by atoms with Crippen LogP contribution in [0.4, 0.5) is 11.4 Å². The van der Waals surface area contributed by atoms with Crippen molar-refractivity contribution in [2.75, 3.05) is 11.9 Å². The molecule has 1 aromatic heterocycles. The number of fused-ring (bicyclic) bond motifs is 1. The second kappa shape index (κ2) is 8.91.